The third kappa shape index (κ3) is 4.76. The van der Waals surface area contributed by atoms with Crippen LogP contribution in [0, 0.1) is 17.8 Å². The van der Waals surface area contributed by atoms with Crippen LogP contribution in [0.2, 0.25) is 0 Å². The zero-order valence-corrected chi connectivity index (χ0v) is 14.0. The highest BCUT2D eigenvalue weighted by Gasteiger charge is 2.55. The molecule has 0 aromatic carbocycles. The third-order valence-electron chi connectivity index (χ3n) is 5.71. The maximum Gasteiger partial charge on any atom is 0.0101 e. The van der Waals surface area contributed by atoms with E-state index in [2.05, 4.69) is 19.2 Å². The van der Waals surface area contributed by atoms with Crippen LogP contribution in [0.1, 0.15) is 90.9 Å². The normalized spacial score (nSPS) is 29.4. The Labute approximate surface area is 127 Å². The summed E-state index contributed by atoms with van der Waals surface area (Å²) in [5.74, 6) is 3.30. The molecule has 0 aromatic heterocycles. The molecule has 1 N–H and O–H groups in total. The lowest BCUT2D eigenvalue weighted by molar-refractivity contribution is 0.372. The first kappa shape index (κ1) is 16.3. The smallest absolute Gasteiger partial charge is 0.0101 e. The first-order chi connectivity index (χ1) is 9.88. The molecule has 2 rings (SSSR count). The molecule has 0 saturated heterocycles. The van der Waals surface area contributed by atoms with Gasteiger partial charge in [0.25, 0.3) is 0 Å². The minimum absolute atomic E-state index is 0.862. The molecule has 0 spiro atoms. The Morgan fingerprint density at radius 3 is 2.15 bits per heavy atom. The van der Waals surface area contributed by atoms with Crippen LogP contribution in [0.4, 0.5) is 0 Å². The van der Waals surface area contributed by atoms with Crippen LogP contribution >= 0.6 is 0 Å². The largest absolute Gasteiger partial charge is 0.314 e. The van der Waals surface area contributed by atoms with Crippen molar-refractivity contribution in [3.05, 3.63) is 0 Å². The van der Waals surface area contributed by atoms with E-state index in [4.69, 9.17) is 0 Å². The summed E-state index contributed by atoms with van der Waals surface area (Å²) in [4.78, 5) is 0. The molecule has 0 heterocycles. The molecule has 2 saturated carbocycles. The van der Waals surface area contributed by atoms with Gasteiger partial charge in [-0.05, 0) is 50.0 Å². The standard InChI is InChI=1S/C19H37N/c1-3-5-6-7-8-9-10-14-18(20-15-4-2)19-16-12-11-13-17(16)19/h16-20H,3-15H2,1-2H3. The minimum Gasteiger partial charge on any atom is -0.314 e. The SMILES string of the molecule is CCCCCCCCCC(NCCC)C1C2CCCC21. The minimum atomic E-state index is 0.862. The van der Waals surface area contributed by atoms with Gasteiger partial charge in [0.15, 0.2) is 0 Å². The van der Waals surface area contributed by atoms with Crippen LogP contribution < -0.4 is 5.32 Å². The van der Waals surface area contributed by atoms with Crippen LogP contribution in [-0.4, -0.2) is 12.6 Å². The van der Waals surface area contributed by atoms with E-state index in [-0.39, 0.29) is 0 Å². The molecule has 1 heteroatoms. The van der Waals surface area contributed by atoms with Gasteiger partial charge < -0.3 is 5.32 Å². The zero-order valence-electron chi connectivity index (χ0n) is 14.0. The van der Waals surface area contributed by atoms with E-state index in [1.165, 1.54) is 83.6 Å². The van der Waals surface area contributed by atoms with Crippen molar-refractivity contribution in [1.29, 1.82) is 0 Å². The first-order valence-electron chi connectivity index (χ1n) is 9.61. The molecule has 0 amide bonds. The second-order valence-electron chi connectivity index (χ2n) is 7.31. The maximum atomic E-state index is 3.87. The van der Waals surface area contributed by atoms with E-state index in [1.54, 1.807) is 0 Å². The summed E-state index contributed by atoms with van der Waals surface area (Å²) in [6, 6.07) is 0.862. The van der Waals surface area contributed by atoms with E-state index in [0.29, 0.717) is 0 Å². The summed E-state index contributed by atoms with van der Waals surface area (Å²) in [6.07, 6.45) is 17.5. The van der Waals surface area contributed by atoms with Crippen molar-refractivity contribution in [2.45, 2.75) is 96.9 Å². The molecular weight excluding hydrogens is 242 g/mol. The molecular formula is C19H37N. The highest BCUT2D eigenvalue weighted by atomic mass is 14.9. The van der Waals surface area contributed by atoms with Crippen molar-refractivity contribution in [3.63, 3.8) is 0 Å². The topological polar surface area (TPSA) is 12.0 Å². The summed E-state index contributed by atoms with van der Waals surface area (Å²) >= 11 is 0. The van der Waals surface area contributed by atoms with Crippen LogP contribution in [0.5, 0.6) is 0 Å². The van der Waals surface area contributed by atoms with Gasteiger partial charge in [0, 0.05) is 6.04 Å². The molecule has 0 bridgehead atoms. The van der Waals surface area contributed by atoms with Crippen molar-refractivity contribution in [2.24, 2.45) is 17.8 Å². The number of fused-ring (bicyclic) bond motifs is 1. The number of hydrogen-bond donors (Lipinski definition) is 1. The van der Waals surface area contributed by atoms with E-state index in [0.717, 1.165) is 23.8 Å². The molecule has 2 aliphatic rings. The van der Waals surface area contributed by atoms with Crippen molar-refractivity contribution in [1.82, 2.24) is 5.32 Å². The van der Waals surface area contributed by atoms with Crippen LogP contribution in [0.15, 0.2) is 0 Å². The summed E-state index contributed by atoms with van der Waals surface area (Å²) in [6.45, 7) is 5.83. The number of rotatable bonds is 12. The van der Waals surface area contributed by atoms with Gasteiger partial charge in [0.2, 0.25) is 0 Å². The quantitative estimate of drug-likeness (QED) is 0.462. The lowest BCUT2D eigenvalue weighted by Gasteiger charge is -2.20. The highest BCUT2D eigenvalue weighted by Crippen LogP contribution is 2.59. The summed E-state index contributed by atoms with van der Waals surface area (Å²) in [5.41, 5.74) is 0. The fourth-order valence-electron chi connectivity index (χ4n) is 4.56. The maximum absolute atomic E-state index is 3.87. The molecule has 118 valence electrons. The number of nitrogens with one attached hydrogen (secondary N) is 1. The van der Waals surface area contributed by atoms with Crippen molar-refractivity contribution >= 4 is 0 Å². The van der Waals surface area contributed by atoms with Crippen LogP contribution in [0.25, 0.3) is 0 Å². The number of unbranched alkanes of at least 4 members (excludes halogenated alkanes) is 6. The van der Waals surface area contributed by atoms with Crippen molar-refractivity contribution in [3.8, 4) is 0 Å². The Kier molecular flexibility index (Phi) is 7.41. The molecule has 3 atom stereocenters. The van der Waals surface area contributed by atoms with Gasteiger partial charge in [-0.25, -0.2) is 0 Å². The van der Waals surface area contributed by atoms with Crippen LogP contribution in [-0.2, 0) is 0 Å². The van der Waals surface area contributed by atoms with Gasteiger partial charge >= 0.3 is 0 Å². The average molecular weight is 280 g/mol. The molecule has 0 aliphatic heterocycles. The molecule has 3 unspecified atom stereocenters. The van der Waals surface area contributed by atoms with Gasteiger partial charge in [0.1, 0.15) is 0 Å². The molecule has 1 nitrogen and oxygen atoms in total. The number of hydrogen-bond acceptors (Lipinski definition) is 1. The van der Waals surface area contributed by atoms with Crippen molar-refractivity contribution in [2.75, 3.05) is 6.54 Å². The van der Waals surface area contributed by atoms with Gasteiger partial charge in [-0.15, -0.1) is 0 Å². The van der Waals surface area contributed by atoms with Gasteiger partial charge in [-0.3, -0.25) is 0 Å². The van der Waals surface area contributed by atoms with Crippen molar-refractivity contribution < 1.29 is 0 Å². The van der Waals surface area contributed by atoms with E-state index in [9.17, 15) is 0 Å². The second-order valence-corrected chi connectivity index (χ2v) is 7.31. The lowest BCUT2D eigenvalue weighted by atomic mass is 9.97. The Morgan fingerprint density at radius 1 is 0.850 bits per heavy atom. The first-order valence-corrected chi connectivity index (χ1v) is 9.61. The average Bonchev–Trinajstić information content (AvgIpc) is 2.93. The lowest BCUT2D eigenvalue weighted by Crippen LogP contribution is -2.33. The second kappa shape index (κ2) is 9.07. The Morgan fingerprint density at radius 2 is 1.50 bits per heavy atom. The van der Waals surface area contributed by atoms with Gasteiger partial charge in [-0.2, -0.15) is 0 Å². The van der Waals surface area contributed by atoms with E-state index in [1.807, 2.05) is 0 Å². The fourth-order valence-corrected chi connectivity index (χ4v) is 4.56. The Bertz CT molecular complexity index is 240. The van der Waals surface area contributed by atoms with Gasteiger partial charge in [-0.1, -0.05) is 65.2 Å². The monoisotopic (exact) mass is 279 g/mol. The van der Waals surface area contributed by atoms with Gasteiger partial charge in [0.05, 0.1) is 0 Å². The molecule has 0 aromatic rings. The molecule has 0 radical (unpaired) electrons. The predicted molar refractivity (Wildman–Crippen MR) is 89.0 cm³/mol. The fraction of sp³-hybridized carbons (Fsp3) is 1.00. The summed E-state index contributed by atoms with van der Waals surface area (Å²) in [7, 11) is 0. The summed E-state index contributed by atoms with van der Waals surface area (Å²) < 4.78 is 0. The van der Waals surface area contributed by atoms with Crippen LogP contribution in [0.3, 0.4) is 0 Å². The van der Waals surface area contributed by atoms with E-state index >= 15 is 0 Å². The molecule has 20 heavy (non-hydrogen) atoms. The third-order valence-corrected chi connectivity index (χ3v) is 5.71. The predicted octanol–water partition coefficient (Wildman–Crippen LogP) is 5.54. The molecule has 2 fully saturated rings. The summed E-state index contributed by atoms with van der Waals surface area (Å²) in [5, 5.41) is 3.87. The molecule has 2 aliphatic carbocycles. The Hall–Kier alpha value is -0.0400. The highest BCUT2D eigenvalue weighted by molar-refractivity contribution is 5.06. The zero-order chi connectivity index (χ0) is 14.2. The van der Waals surface area contributed by atoms with E-state index < -0.39 is 0 Å². The Balaban J connectivity index is 1.57.